The minimum absolute atomic E-state index is 0.758. The van der Waals surface area contributed by atoms with Gasteiger partial charge in [0.2, 0.25) is 5.79 Å². The molecule has 0 aliphatic rings. The molecule has 0 aromatic heterocycles. The molecule has 1 atom stereocenters. The Kier molecular flexibility index (Phi) is 3.59. The van der Waals surface area contributed by atoms with Gasteiger partial charge >= 0.3 is 16.4 Å². The largest absolute Gasteiger partial charge is 0.428 e. The summed E-state index contributed by atoms with van der Waals surface area (Å²) in [5, 5.41) is 0. The van der Waals surface area contributed by atoms with Gasteiger partial charge in [-0.15, -0.1) is 0 Å². The van der Waals surface area contributed by atoms with Gasteiger partial charge < -0.3 is 4.74 Å². The number of carbonyl (C=O) groups excluding carboxylic acids is 1. The second kappa shape index (κ2) is 3.86. The molecule has 1 unspecified atom stereocenters. The second-order valence-corrected chi connectivity index (χ2v) is 3.35. The molecule has 0 bridgehead atoms. The van der Waals surface area contributed by atoms with Gasteiger partial charge in [0.1, 0.15) is 0 Å². The van der Waals surface area contributed by atoms with Crippen LogP contribution in [0.25, 0.3) is 0 Å². The van der Waals surface area contributed by atoms with Gasteiger partial charge in [-0.1, -0.05) is 6.58 Å². The van der Waals surface area contributed by atoms with E-state index in [0.29, 0.717) is 0 Å². The van der Waals surface area contributed by atoms with Gasteiger partial charge in [-0.2, -0.15) is 12.6 Å². The summed E-state index contributed by atoms with van der Waals surface area (Å²) in [5.74, 6) is -2.63. The lowest BCUT2D eigenvalue weighted by Gasteiger charge is -2.22. The summed E-state index contributed by atoms with van der Waals surface area (Å²) in [6.45, 7) is 5.38. The molecular weight excluding hydrogens is 200 g/mol. The molecule has 0 heterocycles. The monoisotopic (exact) mass is 210 g/mol. The molecule has 0 saturated heterocycles. The van der Waals surface area contributed by atoms with Gasteiger partial charge in [-0.3, -0.25) is 9.35 Å². The smallest absolute Gasteiger partial charge is 0.401 e. The first kappa shape index (κ1) is 12.1. The van der Waals surface area contributed by atoms with Crippen LogP contribution in [-0.4, -0.2) is 24.7 Å². The Morgan fingerprint density at radius 2 is 2.08 bits per heavy atom. The number of carbonyl (C=O) groups is 1. The third-order valence-corrected chi connectivity index (χ3v) is 1.53. The SMILES string of the molecule is C=CC(C)(OC(C)=O)OS(=O)(=O)O. The molecule has 0 aromatic carbocycles. The van der Waals surface area contributed by atoms with Gasteiger partial charge in [-0.05, 0) is 6.08 Å². The topological polar surface area (TPSA) is 89.9 Å². The number of esters is 1. The normalized spacial score (nSPS) is 15.9. The standard InChI is InChI=1S/C6H10O6S/c1-4-6(3,11-5(2)7)12-13(8,9)10/h4H,1H2,2-3H3,(H,8,9,10). The third kappa shape index (κ3) is 5.34. The fraction of sp³-hybridized carbons (Fsp3) is 0.500. The molecule has 0 rings (SSSR count). The van der Waals surface area contributed by atoms with E-state index in [-0.39, 0.29) is 0 Å². The van der Waals surface area contributed by atoms with Crippen molar-refractivity contribution in [2.45, 2.75) is 19.6 Å². The first-order chi connectivity index (χ1) is 5.68. The van der Waals surface area contributed by atoms with Crippen LogP contribution in [0.5, 0.6) is 0 Å². The number of hydrogen-bond donors (Lipinski definition) is 1. The highest BCUT2D eigenvalue weighted by Crippen LogP contribution is 2.16. The first-order valence-electron chi connectivity index (χ1n) is 3.20. The Balaban J connectivity index is 4.65. The second-order valence-electron chi connectivity index (χ2n) is 2.32. The van der Waals surface area contributed by atoms with E-state index in [1.54, 1.807) is 0 Å². The van der Waals surface area contributed by atoms with E-state index < -0.39 is 22.2 Å². The maximum Gasteiger partial charge on any atom is 0.401 e. The summed E-state index contributed by atoms with van der Waals surface area (Å²) in [6, 6.07) is 0. The molecule has 0 fully saturated rings. The lowest BCUT2D eigenvalue weighted by molar-refractivity contribution is -0.175. The molecule has 1 N–H and O–H groups in total. The first-order valence-corrected chi connectivity index (χ1v) is 4.56. The molecule has 0 saturated carbocycles. The van der Waals surface area contributed by atoms with Crippen molar-refractivity contribution >= 4 is 16.4 Å². The molecule has 0 amide bonds. The zero-order valence-electron chi connectivity index (χ0n) is 7.18. The van der Waals surface area contributed by atoms with Crippen LogP contribution in [0.4, 0.5) is 0 Å². The highest BCUT2D eigenvalue weighted by Gasteiger charge is 2.30. The number of rotatable bonds is 4. The fourth-order valence-electron chi connectivity index (χ4n) is 0.587. The Hall–Kier alpha value is -0.920. The summed E-state index contributed by atoms with van der Waals surface area (Å²) in [7, 11) is -4.69. The lowest BCUT2D eigenvalue weighted by atomic mass is 10.3. The summed E-state index contributed by atoms with van der Waals surface area (Å²) in [5.41, 5.74) is 0. The predicted molar refractivity (Wildman–Crippen MR) is 43.0 cm³/mol. The molecule has 13 heavy (non-hydrogen) atoms. The quantitative estimate of drug-likeness (QED) is 0.310. The van der Waals surface area contributed by atoms with E-state index >= 15 is 0 Å². The molecule has 0 aliphatic heterocycles. The van der Waals surface area contributed by atoms with Crippen LogP contribution >= 0.6 is 0 Å². The van der Waals surface area contributed by atoms with Crippen LogP contribution < -0.4 is 0 Å². The van der Waals surface area contributed by atoms with E-state index in [1.165, 1.54) is 0 Å². The van der Waals surface area contributed by atoms with Crippen LogP contribution in [-0.2, 0) is 24.1 Å². The maximum atomic E-state index is 10.5. The van der Waals surface area contributed by atoms with Gasteiger partial charge in [0.05, 0.1) is 0 Å². The highest BCUT2D eigenvalue weighted by molar-refractivity contribution is 7.80. The molecule has 6 nitrogen and oxygen atoms in total. The van der Waals surface area contributed by atoms with Crippen molar-refractivity contribution in [1.82, 2.24) is 0 Å². The fourth-order valence-corrected chi connectivity index (χ4v) is 1.11. The van der Waals surface area contributed by atoms with E-state index in [4.69, 9.17) is 4.55 Å². The number of hydrogen-bond acceptors (Lipinski definition) is 5. The maximum absolute atomic E-state index is 10.5. The van der Waals surface area contributed by atoms with Crippen LogP contribution in [0.1, 0.15) is 13.8 Å². The average molecular weight is 210 g/mol. The van der Waals surface area contributed by atoms with E-state index in [0.717, 1.165) is 19.9 Å². The molecule has 0 spiro atoms. The zero-order valence-corrected chi connectivity index (χ0v) is 8.00. The van der Waals surface area contributed by atoms with E-state index in [1.807, 2.05) is 0 Å². The summed E-state index contributed by atoms with van der Waals surface area (Å²) >= 11 is 0. The van der Waals surface area contributed by atoms with Crippen molar-refractivity contribution in [2.24, 2.45) is 0 Å². The van der Waals surface area contributed by atoms with Crippen molar-refractivity contribution in [3.05, 3.63) is 12.7 Å². The van der Waals surface area contributed by atoms with Crippen molar-refractivity contribution in [3.63, 3.8) is 0 Å². The van der Waals surface area contributed by atoms with Gasteiger partial charge in [0.15, 0.2) is 0 Å². The Morgan fingerprint density at radius 1 is 1.62 bits per heavy atom. The molecule has 7 heteroatoms. The molecule has 0 aliphatic carbocycles. The molecule has 0 radical (unpaired) electrons. The van der Waals surface area contributed by atoms with E-state index in [9.17, 15) is 13.2 Å². The lowest BCUT2D eigenvalue weighted by Crippen LogP contribution is -2.34. The van der Waals surface area contributed by atoms with Crippen molar-refractivity contribution < 1.29 is 26.7 Å². The van der Waals surface area contributed by atoms with Crippen molar-refractivity contribution in [2.75, 3.05) is 0 Å². The van der Waals surface area contributed by atoms with Crippen LogP contribution in [0.2, 0.25) is 0 Å². The minimum Gasteiger partial charge on any atom is -0.428 e. The Bertz CT molecular complexity index is 305. The van der Waals surface area contributed by atoms with Crippen LogP contribution in [0.15, 0.2) is 12.7 Å². The Labute approximate surface area is 76.1 Å². The third-order valence-electron chi connectivity index (χ3n) is 0.988. The minimum atomic E-state index is -4.69. The Morgan fingerprint density at radius 3 is 2.31 bits per heavy atom. The molecule has 76 valence electrons. The summed E-state index contributed by atoms with van der Waals surface area (Å²) < 4.78 is 37.4. The van der Waals surface area contributed by atoms with Gasteiger partial charge in [-0.25, -0.2) is 0 Å². The number of ether oxygens (including phenoxy) is 1. The van der Waals surface area contributed by atoms with Crippen molar-refractivity contribution in [1.29, 1.82) is 0 Å². The van der Waals surface area contributed by atoms with Gasteiger partial charge in [0.25, 0.3) is 0 Å². The van der Waals surface area contributed by atoms with Crippen LogP contribution in [0.3, 0.4) is 0 Å². The average Bonchev–Trinajstić information content (AvgIpc) is 1.81. The molecule has 0 aromatic rings. The van der Waals surface area contributed by atoms with E-state index in [2.05, 4.69) is 15.5 Å². The molecular formula is C6H10O6S. The summed E-state index contributed by atoms with van der Waals surface area (Å²) in [4.78, 5) is 10.5. The van der Waals surface area contributed by atoms with Gasteiger partial charge in [0, 0.05) is 13.8 Å². The predicted octanol–water partition coefficient (Wildman–Crippen LogP) is 0.271. The van der Waals surface area contributed by atoms with Crippen LogP contribution in [0, 0.1) is 0 Å². The summed E-state index contributed by atoms with van der Waals surface area (Å²) in [6.07, 6.45) is 0.933. The zero-order chi connectivity index (χ0) is 10.7. The van der Waals surface area contributed by atoms with Crippen molar-refractivity contribution in [3.8, 4) is 0 Å². The highest BCUT2D eigenvalue weighted by atomic mass is 32.3.